The van der Waals surface area contributed by atoms with Gasteiger partial charge >= 0.3 is 5.97 Å². The molecule has 0 radical (unpaired) electrons. The van der Waals surface area contributed by atoms with Crippen LogP contribution in [0.25, 0.3) is 16.5 Å². The van der Waals surface area contributed by atoms with E-state index in [1.54, 1.807) is 6.92 Å². The molecule has 2 aromatic rings. The number of ether oxygens (including phenoxy) is 1. The summed E-state index contributed by atoms with van der Waals surface area (Å²) in [5.74, 6) is -0.298. The van der Waals surface area contributed by atoms with Crippen molar-refractivity contribution >= 4 is 22.4 Å². The highest BCUT2D eigenvalue weighted by Crippen LogP contribution is 2.23. The molecule has 2 rings (SSSR count). The average molecular weight is 229 g/mol. The predicted octanol–water partition coefficient (Wildman–Crippen LogP) is 3.13. The highest BCUT2D eigenvalue weighted by atomic mass is 16.5. The summed E-state index contributed by atoms with van der Waals surface area (Å²) in [4.78, 5) is 14.6. The number of esters is 1. The Morgan fingerprint density at radius 2 is 2.24 bits per heavy atom. The van der Waals surface area contributed by atoms with Gasteiger partial charge in [0.2, 0.25) is 0 Å². The molecule has 0 bridgehead atoms. The molecule has 3 nitrogen and oxygen atoms in total. The lowest BCUT2D eigenvalue weighted by atomic mass is 10.0. The fourth-order valence-corrected chi connectivity index (χ4v) is 1.85. The molecule has 0 spiro atoms. The fourth-order valence-electron chi connectivity index (χ4n) is 1.85. The summed E-state index contributed by atoms with van der Waals surface area (Å²) >= 11 is 0. The van der Waals surface area contributed by atoms with Gasteiger partial charge in [-0.2, -0.15) is 0 Å². The molecule has 88 valence electrons. The van der Waals surface area contributed by atoms with Gasteiger partial charge in [0.25, 0.3) is 0 Å². The van der Waals surface area contributed by atoms with Crippen LogP contribution < -0.4 is 0 Å². The summed E-state index contributed by atoms with van der Waals surface area (Å²) in [7, 11) is 0. The second-order valence-corrected chi connectivity index (χ2v) is 3.83. The number of aromatic nitrogens is 1. The van der Waals surface area contributed by atoms with E-state index in [9.17, 15) is 4.79 Å². The first kappa shape index (κ1) is 11.5. The zero-order chi connectivity index (χ0) is 12.3. The van der Waals surface area contributed by atoms with E-state index >= 15 is 0 Å². The summed E-state index contributed by atoms with van der Waals surface area (Å²) in [6, 6.07) is 8.02. The number of allylic oxidation sites excluding steroid dienone is 1. The van der Waals surface area contributed by atoms with Crippen molar-refractivity contribution < 1.29 is 9.53 Å². The highest BCUT2D eigenvalue weighted by molar-refractivity contribution is 5.97. The standard InChI is InChI=1S/C14H15NO2/c1-3-17-13(16)9-10(2)12-6-4-5-11-7-8-15-14(11)12/h4-9,15H,3H2,1-2H3/b10-9+. The maximum Gasteiger partial charge on any atom is 0.331 e. The van der Waals surface area contributed by atoms with Gasteiger partial charge in [0.15, 0.2) is 0 Å². The molecule has 0 unspecified atom stereocenters. The van der Waals surface area contributed by atoms with Crippen LogP contribution in [-0.4, -0.2) is 17.6 Å². The Morgan fingerprint density at radius 3 is 3.00 bits per heavy atom. The lowest BCUT2D eigenvalue weighted by Gasteiger charge is -2.04. The third-order valence-electron chi connectivity index (χ3n) is 2.63. The number of hydrogen-bond donors (Lipinski definition) is 1. The molecule has 0 fully saturated rings. The Bertz CT molecular complexity index is 566. The largest absolute Gasteiger partial charge is 0.463 e. The number of fused-ring (bicyclic) bond motifs is 1. The number of nitrogens with one attached hydrogen (secondary N) is 1. The molecule has 0 amide bonds. The average Bonchev–Trinajstić information content (AvgIpc) is 2.76. The fraction of sp³-hybridized carbons (Fsp3) is 0.214. The molecule has 1 aromatic carbocycles. The van der Waals surface area contributed by atoms with Crippen molar-refractivity contribution in [2.24, 2.45) is 0 Å². The van der Waals surface area contributed by atoms with E-state index < -0.39 is 0 Å². The van der Waals surface area contributed by atoms with E-state index in [1.807, 2.05) is 37.4 Å². The number of aromatic amines is 1. The minimum absolute atomic E-state index is 0.298. The maximum absolute atomic E-state index is 11.4. The first-order chi connectivity index (χ1) is 8.22. The van der Waals surface area contributed by atoms with E-state index in [-0.39, 0.29) is 5.97 Å². The maximum atomic E-state index is 11.4. The molecule has 0 saturated carbocycles. The molecule has 0 saturated heterocycles. The summed E-state index contributed by atoms with van der Waals surface area (Å²) < 4.78 is 4.90. The smallest absolute Gasteiger partial charge is 0.331 e. The van der Waals surface area contributed by atoms with Crippen LogP contribution >= 0.6 is 0 Å². The Morgan fingerprint density at radius 1 is 1.41 bits per heavy atom. The van der Waals surface area contributed by atoms with Gasteiger partial charge < -0.3 is 9.72 Å². The van der Waals surface area contributed by atoms with E-state index in [2.05, 4.69) is 4.98 Å². The summed E-state index contributed by atoms with van der Waals surface area (Å²) in [6.45, 7) is 4.11. The van der Waals surface area contributed by atoms with Gasteiger partial charge in [-0.05, 0) is 30.9 Å². The van der Waals surface area contributed by atoms with Crippen LogP contribution in [0.2, 0.25) is 0 Å². The zero-order valence-electron chi connectivity index (χ0n) is 9.99. The Labute approximate surface area is 100 Å². The molecule has 17 heavy (non-hydrogen) atoms. The summed E-state index contributed by atoms with van der Waals surface area (Å²) in [5, 5.41) is 1.14. The van der Waals surface area contributed by atoms with Gasteiger partial charge in [-0.15, -0.1) is 0 Å². The van der Waals surface area contributed by atoms with Crippen LogP contribution in [-0.2, 0) is 9.53 Å². The molecule has 0 atom stereocenters. The number of carbonyl (C=O) groups excluding carboxylic acids is 1. The highest BCUT2D eigenvalue weighted by Gasteiger charge is 2.05. The van der Waals surface area contributed by atoms with Crippen molar-refractivity contribution in [1.29, 1.82) is 0 Å². The van der Waals surface area contributed by atoms with E-state index in [4.69, 9.17) is 4.74 Å². The number of H-pyrrole nitrogens is 1. The molecular formula is C14H15NO2. The van der Waals surface area contributed by atoms with Crippen molar-refractivity contribution in [3.8, 4) is 0 Å². The van der Waals surface area contributed by atoms with Gasteiger partial charge in [-0.1, -0.05) is 18.2 Å². The van der Waals surface area contributed by atoms with Crippen LogP contribution in [0.5, 0.6) is 0 Å². The minimum Gasteiger partial charge on any atom is -0.463 e. The number of para-hydroxylation sites is 1. The molecule has 1 heterocycles. The molecule has 1 N–H and O–H groups in total. The quantitative estimate of drug-likeness (QED) is 0.649. The Balaban J connectivity index is 2.39. The first-order valence-electron chi connectivity index (χ1n) is 5.64. The van der Waals surface area contributed by atoms with Gasteiger partial charge in [-0.25, -0.2) is 4.79 Å². The van der Waals surface area contributed by atoms with Crippen LogP contribution in [0.15, 0.2) is 36.5 Å². The SMILES string of the molecule is CCOC(=O)/C=C(\C)c1cccc2cc[nH]c12. The van der Waals surface area contributed by atoms with E-state index in [1.165, 1.54) is 6.08 Å². The number of rotatable bonds is 3. The number of benzene rings is 1. The number of carbonyl (C=O) groups is 1. The van der Waals surface area contributed by atoms with Gasteiger partial charge in [-0.3, -0.25) is 0 Å². The number of hydrogen-bond acceptors (Lipinski definition) is 2. The van der Waals surface area contributed by atoms with Gasteiger partial charge in [0.1, 0.15) is 0 Å². The molecule has 0 aliphatic heterocycles. The van der Waals surface area contributed by atoms with Gasteiger partial charge in [0, 0.05) is 17.8 Å². The van der Waals surface area contributed by atoms with E-state index in [0.717, 1.165) is 22.0 Å². The molecule has 0 aliphatic carbocycles. The molecule has 0 aliphatic rings. The zero-order valence-corrected chi connectivity index (χ0v) is 9.99. The van der Waals surface area contributed by atoms with Crippen LogP contribution in [0.3, 0.4) is 0 Å². The van der Waals surface area contributed by atoms with E-state index in [0.29, 0.717) is 6.61 Å². The third kappa shape index (κ3) is 2.38. The van der Waals surface area contributed by atoms with Crippen molar-refractivity contribution in [2.45, 2.75) is 13.8 Å². The Kier molecular flexibility index (Phi) is 3.28. The lowest BCUT2D eigenvalue weighted by molar-refractivity contribution is -0.137. The topological polar surface area (TPSA) is 42.1 Å². The summed E-state index contributed by atoms with van der Waals surface area (Å²) in [5.41, 5.74) is 2.97. The van der Waals surface area contributed by atoms with Crippen molar-refractivity contribution in [2.75, 3.05) is 6.61 Å². The normalized spacial score (nSPS) is 11.8. The predicted molar refractivity (Wildman–Crippen MR) is 68.6 cm³/mol. The van der Waals surface area contributed by atoms with Crippen LogP contribution in [0.4, 0.5) is 0 Å². The van der Waals surface area contributed by atoms with Crippen molar-refractivity contribution in [3.05, 3.63) is 42.1 Å². The van der Waals surface area contributed by atoms with Crippen LogP contribution in [0, 0.1) is 0 Å². The van der Waals surface area contributed by atoms with Gasteiger partial charge in [0.05, 0.1) is 12.1 Å². The summed E-state index contributed by atoms with van der Waals surface area (Å²) in [6.07, 6.45) is 3.42. The lowest BCUT2D eigenvalue weighted by Crippen LogP contribution is -2.00. The second-order valence-electron chi connectivity index (χ2n) is 3.83. The third-order valence-corrected chi connectivity index (χ3v) is 2.63. The van der Waals surface area contributed by atoms with Crippen molar-refractivity contribution in [1.82, 2.24) is 4.98 Å². The Hall–Kier alpha value is -2.03. The molecule has 1 aromatic heterocycles. The van der Waals surface area contributed by atoms with Crippen molar-refractivity contribution in [3.63, 3.8) is 0 Å². The first-order valence-corrected chi connectivity index (χ1v) is 5.64. The monoisotopic (exact) mass is 229 g/mol. The molecular weight excluding hydrogens is 214 g/mol. The minimum atomic E-state index is -0.298. The molecule has 3 heteroatoms. The second kappa shape index (κ2) is 4.87. The van der Waals surface area contributed by atoms with Crippen LogP contribution in [0.1, 0.15) is 19.4 Å².